The van der Waals surface area contributed by atoms with Crippen LogP contribution >= 0.6 is 0 Å². The molecule has 0 fully saturated rings. The number of benzene rings is 1. The Morgan fingerprint density at radius 1 is 1.37 bits per heavy atom. The van der Waals surface area contributed by atoms with E-state index in [0.29, 0.717) is 35.7 Å². The summed E-state index contributed by atoms with van der Waals surface area (Å²) < 4.78 is 5.53. The number of Topliss-reactive ketones (excluding diaryl/α,β-unsaturated/α-hetero) is 1. The highest BCUT2D eigenvalue weighted by atomic mass is 16.5. The molecular formula is C21H24N4O2. The van der Waals surface area contributed by atoms with E-state index in [9.17, 15) is 10.1 Å². The Hall–Kier alpha value is -3.04. The lowest BCUT2D eigenvalue weighted by atomic mass is 9.76. The van der Waals surface area contributed by atoms with E-state index in [1.165, 1.54) is 0 Å². The van der Waals surface area contributed by atoms with E-state index in [1.807, 2.05) is 43.4 Å². The quantitative estimate of drug-likeness (QED) is 0.809. The Kier molecular flexibility index (Phi) is 5.33. The first-order valence-electron chi connectivity index (χ1n) is 8.96. The van der Waals surface area contributed by atoms with Crippen LogP contribution < -0.4 is 10.5 Å². The van der Waals surface area contributed by atoms with E-state index >= 15 is 0 Å². The summed E-state index contributed by atoms with van der Waals surface area (Å²) in [7, 11) is 3.72. The molecule has 1 aliphatic carbocycles. The summed E-state index contributed by atoms with van der Waals surface area (Å²) in [5.74, 6) is 0.736. The van der Waals surface area contributed by atoms with Crippen LogP contribution in [0.15, 0.2) is 59.6 Å². The number of nitriles is 1. The number of hydrazine groups is 1. The minimum Gasteiger partial charge on any atom is -0.490 e. The molecule has 2 N–H and O–H groups in total. The smallest absolute Gasteiger partial charge is 0.161 e. The fourth-order valence-corrected chi connectivity index (χ4v) is 3.77. The molecule has 6 nitrogen and oxygen atoms in total. The van der Waals surface area contributed by atoms with Crippen LogP contribution in [0.3, 0.4) is 0 Å². The second-order valence-corrected chi connectivity index (χ2v) is 6.81. The molecule has 3 rings (SSSR count). The van der Waals surface area contributed by atoms with Gasteiger partial charge in [-0.05, 0) is 30.5 Å². The Bertz CT molecular complexity index is 859. The van der Waals surface area contributed by atoms with Crippen LogP contribution in [0.2, 0.25) is 0 Å². The predicted molar refractivity (Wildman–Crippen MR) is 103 cm³/mol. The van der Waals surface area contributed by atoms with Gasteiger partial charge in [0.1, 0.15) is 18.2 Å². The minimum atomic E-state index is -0.442. The summed E-state index contributed by atoms with van der Waals surface area (Å²) in [4.78, 5) is 12.8. The summed E-state index contributed by atoms with van der Waals surface area (Å²) >= 11 is 0. The van der Waals surface area contributed by atoms with Crippen LogP contribution in [0.1, 0.15) is 30.7 Å². The zero-order chi connectivity index (χ0) is 19.6. The highest BCUT2D eigenvalue weighted by molar-refractivity contribution is 5.99. The van der Waals surface area contributed by atoms with Crippen LogP contribution in [0.25, 0.3) is 0 Å². The largest absolute Gasteiger partial charge is 0.490 e. The van der Waals surface area contributed by atoms with Crippen molar-refractivity contribution in [2.75, 3.05) is 20.7 Å². The number of allylic oxidation sites excluding steroid dienone is 3. The van der Waals surface area contributed by atoms with Crippen molar-refractivity contribution < 1.29 is 9.53 Å². The molecule has 1 heterocycles. The van der Waals surface area contributed by atoms with Crippen LogP contribution in [0.5, 0.6) is 5.75 Å². The summed E-state index contributed by atoms with van der Waals surface area (Å²) in [6, 6.07) is 9.72. The average Bonchev–Trinajstić information content (AvgIpc) is 2.65. The lowest BCUT2D eigenvalue weighted by molar-refractivity contribution is -0.116. The van der Waals surface area contributed by atoms with Crippen molar-refractivity contribution in [1.29, 1.82) is 5.26 Å². The number of carbonyl (C=O) groups is 1. The maximum Gasteiger partial charge on any atom is 0.161 e. The molecule has 0 aromatic heterocycles. The molecular weight excluding hydrogens is 340 g/mol. The Labute approximate surface area is 159 Å². The first-order chi connectivity index (χ1) is 13.0. The predicted octanol–water partition coefficient (Wildman–Crippen LogP) is 2.83. The van der Waals surface area contributed by atoms with Crippen molar-refractivity contribution in [2.45, 2.75) is 25.2 Å². The van der Waals surface area contributed by atoms with E-state index in [2.05, 4.69) is 12.6 Å². The van der Waals surface area contributed by atoms with Gasteiger partial charge >= 0.3 is 0 Å². The number of rotatable bonds is 5. The molecule has 1 aliphatic heterocycles. The van der Waals surface area contributed by atoms with Gasteiger partial charge in [0.05, 0.1) is 17.6 Å². The van der Waals surface area contributed by atoms with Gasteiger partial charge in [0, 0.05) is 31.8 Å². The van der Waals surface area contributed by atoms with E-state index in [-0.39, 0.29) is 5.78 Å². The third-order valence-electron chi connectivity index (χ3n) is 4.87. The van der Waals surface area contributed by atoms with Crippen LogP contribution in [0, 0.1) is 11.3 Å². The maximum absolute atomic E-state index is 12.8. The van der Waals surface area contributed by atoms with Crippen molar-refractivity contribution in [2.24, 2.45) is 5.73 Å². The number of ketones is 1. The molecule has 0 unspecified atom stereocenters. The molecule has 140 valence electrons. The SMILES string of the molecule is C=CCOc1ccc([C@H]2C(C#N)=C(N)N(N(C)C)C3=C2C(=O)CCC3)cc1. The van der Waals surface area contributed by atoms with Crippen molar-refractivity contribution >= 4 is 5.78 Å². The fraction of sp³-hybridized carbons (Fsp3) is 0.333. The van der Waals surface area contributed by atoms with Crippen molar-refractivity contribution in [3.63, 3.8) is 0 Å². The number of hydrogen-bond acceptors (Lipinski definition) is 6. The molecule has 0 saturated carbocycles. The minimum absolute atomic E-state index is 0.0836. The number of nitrogens with zero attached hydrogens (tertiary/aromatic N) is 3. The molecule has 1 aromatic rings. The number of hydrogen-bond donors (Lipinski definition) is 1. The highest BCUT2D eigenvalue weighted by Crippen LogP contribution is 2.45. The average molecular weight is 364 g/mol. The normalized spacial score (nSPS) is 19.9. The summed E-state index contributed by atoms with van der Waals surface area (Å²) in [6.07, 6.45) is 3.73. The van der Waals surface area contributed by atoms with Gasteiger partial charge in [-0.15, -0.1) is 0 Å². The van der Waals surface area contributed by atoms with Gasteiger partial charge in [-0.1, -0.05) is 24.8 Å². The van der Waals surface area contributed by atoms with Crippen molar-refractivity contribution in [1.82, 2.24) is 10.0 Å². The van der Waals surface area contributed by atoms with Crippen LogP contribution in [-0.4, -0.2) is 36.5 Å². The molecule has 0 amide bonds. The molecule has 0 bridgehead atoms. The standard InChI is InChI=1S/C21H24N4O2/c1-4-12-27-15-10-8-14(9-11-15)19-16(13-22)21(23)25(24(2)3)17-6-5-7-18(26)20(17)19/h4,8-11,19H,1,5-7,12,23H2,2-3H3/t19-/m0/s1. The topological polar surface area (TPSA) is 82.6 Å². The third-order valence-corrected chi connectivity index (χ3v) is 4.87. The first-order valence-corrected chi connectivity index (χ1v) is 8.96. The molecule has 1 aromatic carbocycles. The van der Waals surface area contributed by atoms with Gasteiger partial charge in [0.15, 0.2) is 5.78 Å². The van der Waals surface area contributed by atoms with Crippen molar-refractivity contribution in [3.8, 4) is 11.8 Å². The summed E-state index contributed by atoms with van der Waals surface area (Å²) in [5.41, 5.74) is 9.21. The number of ether oxygens (including phenoxy) is 1. The molecule has 6 heteroatoms. The second kappa shape index (κ2) is 7.68. The van der Waals surface area contributed by atoms with Crippen LogP contribution in [-0.2, 0) is 4.79 Å². The highest BCUT2D eigenvalue weighted by Gasteiger charge is 2.40. The van der Waals surface area contributed by atoms with E-state index in [4.69, 9.17) is 10.5 Å². The summed E-state index contributed by atoms with van der Waals surface area (Å²) in [6.45, 7) is 4.06. The van der Waals surface area contributed by atoms with Gasteiger partial charge in [0.2, 0.25) is 0 Å². The lowest BCUT2D eigenvalue weighted by Crippen LogP contribution is -2.45. The van der Waals surface area contributed by atoms with Gasteiger partial charge in [-0.2, -0.15) is 5.26 Å². The molecule has 0 saturated heterocycles. The Balaban J connectivity index is 2.11. The van der Waals surface area contributed by atoms with E-state index in [1.54, 1.807) is 11.1 Å². The lowest BCUT2D eigenvalue weighted by Gasteiger charge is -2.42. The van der Waals surface area contributed by atoms with Crippen molar-refractivity contribution in [3.05, 3.63) is 65.1 Å². The molecule has 0 spiro atoms. The van der Waals surface area contributed by atoms with Gasteiger partial charge in [-0.25, -0.2) is 5.01 Å². The van der Waals surface area contributed by atoms with Gasteiger partial charge < -0.3 is 10.5 Å². The molecule has 1 atom stereocenters. The van der Waals surface area contributed by atoms with E-state index < -0.39 is 5.92 Å². The monoisotopic (exact) mass is 364 g/mol. The summed E-state index contributed by atoms with van der Waals surface area (Å²) in [5, 5.41) is 13.5. The number of nitrogens with two attached hydrogens (primary N) is 1. The fourth-order valence-electron chi connectivity index (χ4n) is 3.77. The molecule has 0 radical (unpaired) electrons. The van der Waals surface area contributed by atoms with Gasteiger partial charge in [0.25, 0.3) is 0 Å². The molecule has 27 heavy (non-hydrogen) atoms. The second-order valence-electron chi connectivity index (χ2n) is 6.81. The number of carbonyl (C=O) groups excluding carboxylic acids is 1. The van der Waals surface area contributed by atoms with Gasteiger partial charge in [-0.3, -0.25) is 9.80 Å². The Morgan fingerprint density at radius 3 is 2.67 bits per heavy atom. The third kappa shape index (κ3) is 3.34. The zero-order valence-corrected chi connectivity index (χ0v) is 15.7. The Morgan fingerprint density at radius 2 is 2.07 bits per heavy atom. The zero-order valence-electron chi connectivity index (χ0n) is 15.7. The first kappa shape index (κ1) is 18.7. The molecule has 2 aliphatic rings. The van der Waals surface area contributed by atoms with Crippen LogP contribution in [0.4, 0.5) is 0 Å². The van der Waals surface area contributed by atoms with E-state index in [0.717, 1.165) is 24.1 Å². The maximum atomic E-state index is 12.8.